The molecule has 3 heteroatoms. The maximum absolute atomic E-state index is 11.9. The molecule has 1 rings (SSSR count). The molecule has 0 heterocycles. The number of rotatable bonds is 5. The van der Waals surface area contributed by atoms with Gasteiger partial charge in [0.2, 0.25) is 5.91 Å². The summed E-state index contributed by atoms with van der Waals surface area (Å²) in [6, 6.07) is 0.232. The molecule has 1 saturated carbocycles. The highest BCUT2D eigenvalue weighted by molar-refractivity contribution is 5.78. The third kappa shape index (κ3) is 6.39. The van der Waals surface area contributed by atoms with Crippen LogP contribution in [-0.2, 0) is 4.79 Å². The van der Waals surface area contributed by atoms with Crippen LogP contribution in [0.4, 0.5) is 0 Å². The minimum atomic E-state index is 0.163. The molecular weight excluding hydrogens is 224 g/mol. The fourth-order valence-corrected chi connectivity index (χ4v) is 2.60. The zero-order chi connectivity index (χ0) is 13.6. The van der Waals surface area contributed by atoms with E-state index in [1.807, 2.05) is 0 Å². The number of nitrogens with two attached hydrogens (primary N) is 1. The third-order valence-electron chi connectivity index (χ3n) is 3.74. The molecule has 0 spiro atoms. The molecule has 1 aliphatic carbocycles. The Bertz CT molecular complexity index is 258. The Hall–Kier alpha value is -0.570. The molecule has 2 unspecified atom stereocenters. The van der Waals surface area contributed by atoms with Crippen LogP contribution in [0, 0.1) is 11.3 Å². The molecule has 1 aliphatic rings. The number of carbonyl (C=O) groups excluding carboxylic acids is 1. The maximum atomic E-state index is 11.9. The number of hydrogen-bond acceptors (Lipinski definition) is 2. The van der Waals surface area contributed by atoms with Gasteiger partial charge in [-0.3, -0.25) is 4.79 Å². The van der Waals surface area contributed by atoms with Gasteiger partial charge in [0.25, 0.3) is 0 Å². The molecule has 0 bridgehead atoms. The van der Waals surface area contributed by atoms with Crippen molar-refractivity contribution >= 4 is 5.91 Å². The van der Waals surface area contributed by atoms with Crippen LogP contribution in [0.5, 0.6) is 0 Å². The number of amides is 1. The molecule has 2 atom stereocenters. The first-order chi connectivity index (χ1) is 8.38. The van der Waals surface area contributed by atoms with Gasteiger partial charge in [-0.05, 0) is 37.5 Å². The van der Waals surface area contributed by atoms with Crippen molar-refractivity contribution in [3.05, 3.63) is 0 Å². The second kappa shape index (κ2) is 7.13. The first kappa shape index (κ1) is 15.5. The highest BCUT2D eigenvalue weighted by Gasteiger charge is 2.24. The highest BCUT2D eigenvalue weighted by atomic mass is 16.1. The van der Waals surface area contributed by atoms with Crippen LogP contribution in [0.2, 0.25) is 0 Å². The fraction of sp³-hybridized carbons (Fsp3) is 0.933. The van der Waals surface area contributed by atoms with Gasteiger partial charge >= 0.3 is 0 Å². The smallest absolute Gasteiger partial charge is 0.223 e. The minimum Gasteiger partial charge on any atom is -0.356 e. The van der Waals surface area contributed by atoms with E-state index in [-0.39, 0.29) is 17.9 Å². The summed E-state index contributed by atoms with van der Waals surface area (Å²) in [4.78, 5) is 11.9. The molecule has 0 aromatic carbocycles. The lowest BCUT2D eigenvalue weighted by Crippen LogP contribution is -2.38. The summed E-state index contributed by atoms with van der Waals surface area (Å²) in [5.74, 6) is 0.386. The topological polar surface area (TPSA) is 55.1 Å². The molecule has 0 saturated heterocycles. The molecule has 3 nitrogen and oxygen atoms in total. The van der Waals surface area contributed by atoms with Crippen LogP contribution in [0.3, 0.4) is 0 Å². The van der Waals surface area contributed by atoms with Gasteiger partial charge in [0.1, 0.15) is 0 Å². The molecular formula is C15H30N2O. The van der Waals surface area contributed by atoms with E-state index in [2.05, 4.69) is 26.1 Å². The minimum absolute atomic E-state index is 0.163. The first-order valence-corrected chi connectivity index (χ1v) is 7.42. The molecule has 0 aliphatic heterocycles. The maximum Gasteiger partial charge on any atom is 0.223 e. The second-order valence-electron chi connectivity index (χ2n) is 6.93. The van der Waals surface area contributed by atoms with Crippen molar-refractivity contribution in [2.24, 2.45) is 17.1 Å². The summed E-state index contributed by atoms with van der Waals surface area (Å²) in [5, 5.41) is 3.06. The van der Waals surface area contributed by atoms with Gasteiger partial charge in [0, 0.05) is 18.5 Å². The van der Waals surface area contributed by atoms with Crippen LogP contribution in [-0.4, -0.2) is 18.5 Å². The second-order valence-corrected chi connectivity index (χ2v) is 6.93. The predicted molar refractivity (Wildman–Crippen MR) is 76.2 cm³/mol. The Balaban J connectivity index is 2.10. The highest BCUT2D eigenvalue weighted by Crippen LogP contribution is 2.23. The van der Waals surface area contributed by atoms with Crippen LogP contribution in [0.25, 0.3) is 0 Å². The van der Waals surface area contributed by atoms with E-state index in [9.17, 15) is 4.79 Å². The van der Waals surface area contributed by atoms with Crippen molar-refractivity contribution in [1.82, 2.24) is 5.32 Å². The lowest BCUT2D eigenvalue weighted by Gasteiger charge is -2.25. The molecule has 1 fully saturated rings. The van der Waals surface area contributed by atoms with E-state index >= 15 is 0 Å². The lowest BCUT2D eigenvalue weighted by atomic mass is 9.85. The summed E-state index contributed by atoms with van der Waals surface area (Å²) < 4.78 is 0. The van der Waals surface area contributed by atoms with Crippen LogP contribution >= 0.6 is 0 Å². The zero-order valence-electron chi connectivity index (χ0n) is 12.3. The normalized spacial score (nSPS) is 24.9. The largest absolute Gasteiger partial charge is 0.356 e. The van der Waals surface area contributed by atoms with Gasteiger partial charge < -0.3 is 11.1 Å². The Morgan fingerprint density at radius 2 is 2.00 bits per heavy atom. The SMILES string of the molecule is CC(C)(C)CCCCNC(=O)C1CCCC(N)C1. The molecule has 18 heavy (non-hydrogen) atoms. The number of nitrogens with one attached hydrogen (secondary N) is 1. The number of hydrogen-bond donors (Lipinski definition) is 2. The van der Waals surface area contributed by atoms with Gasteiger partial charge in [-0.2, -0.15) is 0 Å². The van der Waals surface area contributed by atoms with Crippen LogP contribution < -0.4 is 11.1 Å². The Morgan fingerprint density at radius 1 is 1.28 bits per heavy atom. The predicted octanol–water partition coefficient (Wildman–Crippen LogP) is 2.84. The van der Waals surface area contributed by atoms with Crippen molar-refractivity contribution in [2.75, 3.05) is 6.54 Å². The summed E-state index contributed by atoms with van der Waals surface area (Å²) in [7, 11) is 0. The molecule has 0 aromatic rings. The standard InChI is InChI=1S/C15H30N2O/c1-15(2,3)9-4-5-10-17-14(18)12-7-6-8-13(16)11-12/h12-13H,4-11,16H2,1-3H3,(H,17,18). The van der Waals surface area contributed by atoms with Gasteiger partial charge in [-0.1, -0.05) is 33.6 Å². The van der Waals surface area contributed by atoms with E-state index in [0.29, 0.717) is 5.41 Å². The quantitative estimate of drug-likeness (QED) is 0.741. The number of unbranched alkanes of at least 4 members (excludes halogenated alkanes) is 1. The van der Waals surface area contributed by atoms with E-state index in [0.717, 1.165) is 38.6 Å². The molecule has 0 radical (unpaired) electrons. The van der Waals surface area contributed by atoms with E-state index in [1.165, 1.54) is 12.8 Å². The van der Waals surface area contributed by atoms with E-state index < -0.39 is 0 Å². The monoisotopic (exact) mass is 254 g/mol. The number of carbonyl (C=O) groups is 1. The first-order valence-electron chi connectivity index (χ1n) is 7.42. The molecule has 1 amide bonds. The van der Waals surface area contributed by atoms with Crippen molar-refractivity contribution in [3.63, 3.8) is 0 Å². The van der Waals surface area contributed by atoms with Crippen LogP contribution in [0.15, 0.2) is 0 Å². The third-order valence-corrected chi connectivity index (χ3v) is 3.74. The Morgan fingerprint density at radius 3 is 2.61 bits per heavy atom. The average molecular weight is 254 g/mol. The van der Waals surface area contributed by atoms with Gasteiger partial charge in [-0.15, -0.1) is 0 Å². The van der Waals surface area contributed by atoms with Crippen LogP contribution in [0.1, 0.15) is 65.7 Å². The van der Waals surface area contributed by atoms with Crippen molar-refractivity contribution in [2.45, 2.75) is 71.8 Å². The summed E-state index contributed by atoms with van der Waals surface area (Å²) in [6.45, 7) is 7.60. The van der Waals surface area contributed by atoms with Crippen molar-refractivity contribution < 1.29 is 4.79 Å². The molecule has 106 valence electrons. The van der Waals surface area contributed by atoms with Gasteiger partial charge in [0.05, 0.1) is 0 Å². The Labute approximate surface area is 112 Å². The van der Waals surface area contributed by atoms with Gasteiger partial charge in [-0.25, -0.2) is 0 Å². The van der Waals surface area contributed by atoms with Crippen molar-refractivity contribution in [3.8, 4) is 0 Å². The average Bonchev–Trinajstić information content (AvgIpc) is 2.26. The summed E-state index contributed by atoms with van der Waals surface area (Å²) >= 11 is 0. The van der Waals surface area contributed by atoms with E-state index in [4.69, 9.17) is 5.73 Å². The lowest BCUT2D eigenvalue weighted by molar-refractivity contribution is -0.126. The molecule has 3 N–H and O–H groups in total. The fourth-order valence-electron chi connectivity index (χ4n) is 2.60. The zero-order valence-corrected chi connectivity index (χ0v) is 12.3. The van der Waals surface area contributed by atoms with Crippen molar-refractivity contribution in [1.29, 1.82) is 0 Å². The molecule has 0 aromatic heterocycles. The summed E-state index contributed by atoms with van der Waals surface area (Å²) in [6.07, 6.45) is 7.56. The summed E-state index contributed by atoms with van der Waals surface area (Å²) in [5.41, 5.74) is 6.31. The van der Waals surface area contributed by atoms with Gasteiger partial charge in [0.15, 0.2) is 0 Å². The Kier molecular flexibility index (Phi) is 6.13. The van der Waals surface area contributed by atoms with E-state index in [1.54, 1.807) is 0 Å².